The van der Waals surface area contributed by atoms with Crippen LogP contribution in [-0.4, -0.2) is 30.8 Å². The van der Waals surface area contributed by atoms with Gasteiger partial charge in [-0.05, 0) is 54.0 Å². The minimum absolute atomic E-state index is 0.0967. The van der Waals surface area contributed by atoms with E-state index in [0.29, 0.717) is 17.1 Å². The van der Waals surface area contributed by atoms with Gasteiger partial charge in [-0.3, -0.25) is 9.59 Å². The van der Waals surface area contributed by atoms with Gasteiger partial charge in [0.1, 0.15) is 5.82 Å². The Labute approximate surface area is 163 Å². The summed E-state index contributed by atoms with van der Waals surface area (Å²) < 4.78 is 24.3. The molecule has 1 aliphatic heterocycles. The topological polar surface area (TPSA) is 55.8 Å². The van der Waals surface area contributed by atoms with Crippen LogP contribution in [0.2, 0.25) is 0 Å². The zero-order valence-electron chi connectivity index (χ0n) is 16.1. The first-order valence-electron chi connectivity index (χ1n) is 8.92. The Bertz CT molecular complexity index is 938. The molecule has 0 N–H and O–H groups in total. The van der Waals surface area contributed by atoms with E-state index in [1.54, 1.807) is 25.3 Å². The highest BCUT2D eigenvalue weighted by atomic mass is 19.1. The number of rotatable bonds is 5. The molecule has 1 heterocycles. The van der Waals surface area contributed by atoms with E-state index in [4.69, 9.17) is 9.47 Å². The minimum Gasteiger partial charge on any atom is -0.493 e. The van der Waals surface area contributed by atoms with Gasteiger partial charge in [-0.2, -0.15) is 0 Å². The second kappa shape index (κ2) is 8.25. The fourth-order valence-corrected chi connectivity index (χ4v) is 3.34. The van der Waals surface area contributed by atoms with Gasteiger partial charge in [0.25, 0.3) is 0 Å². The third-order valence-corrected chi connectivity index (χ3v) is 4.86. The van der Waals surface area contributed by atoms with Crippen LogP contribution in [0.3, 0.4) is 0 Å². The van der Waals surface area contributed by atoms with Crippen molar-refractivity contribution < 1.29 is 23.5 Å². The van der Waals surface area contributed by atoms with E-state index in [1.165, 1.54) is 36.4 Å². The van der Waals surface area contributed by atoms with Gasteiger partial charge in [0.2, 0.25) is 5.91 Å². The summed E-state index contributed by atoms with van der Waals surface area (Å²) in [6.45, 7) is 1.89. The van der Waals surface area contributed by atoms with Crippen LogP contribution in [0.25, 0.3) is 0 Å². The van der Waals surface area contributed by atoms with E-state index in [9.17, 15) is 14.0 Å². The average Bonchev–Trinajstić information content (AvgIpc) is 2.69. The van der Waals surface area contributed by atoms with E-state index in [0.717, 1.165) is 11.1 Å². The summed E-state index contributed by atoms with van der Waals surface area (Å²) in [7, 11) is 3.10. The van der Waals surface area contributed by atoms with Crippen LogP contribution >= 0.6 is 0 Å². The Balaban J connectivity index is 1.90. The highest BCUT2D eigenvalue weighted by Gasteiger charge is 2.29. The fourth-order valence-electron chi connectivity index (χ4n) is 3.34. The van der Waals surface area contributed by atoms with E-state index < -0.39 is 11.9 Å². The second-order valence-corrected chi connectivity index (χ2v) is 6.67. The number of methoxy groups -OCH3 is 2. The molecule has 1 aliphatic rings. The molecule has 0 fully saturated rings. The molecular weight excluding hydrogens is 361 g/mol. The molecule has 0 saturated carbocycles. The van der Waals surface area contributed by atoms with Crippen molar-refractivity contribution in [3.8, 4) is 11.5 Å². The summed E-state index contributed by atoms with van der Waals surface area (Å²) in [4.78, 5) is 26.5. The molecule has 6 heteroatoms. The Hall–Kier alpha value is -3.15. The molecular formula is C22H22FNO4. The highest BCUT2D eigenvalue weighted by molar-refractivity contribution is 5.93. The van der Waals surface area contributed by atoms with Crippen LogP contribution in [0.15, 0.2) is 48.7 Å². The molecule has 0 saturated heterocycles. The first-order chi connectivity index (χ1) is 13.4. The number of aryl methyl sites for hydroxylation is 1. The van der Waals surface area contributed by atoms with Crippen LogP contribution in [0.5, 0.6) is 11.5 Å². The van der Waals surface area contributed by atoms with Crippen molar-refractivity contribution in [2.45, 2.75) is 25.8 Å². The van der Waals surface area contributed by atoms with Gasteiger partial charge in [-0.1, -0.05) is 12.1 Å². The van der Waals surface area contributed by atoms with E-state index in [2.05, 4.69) is 0 Å². The zero-order valence-corrected chi connectivity index (χ0v) is 16.1. The lowest BCUT2D eigenvalue weighted by molar-refractivity contribution is -0.131. The Morgan fingerprint density at radius 1 is 1.18 bits per heavy atom. The third-order valence-electron chi connectivity index (χ3n) is 4.86. The summed E-state index contributed by atoms with van der Waals surface area (Å²) in [6, 6.07) is 9.07. The number of benzene rings is 2. The van der Waals surface area contributed by atoms with E-state index in [1.807, 2.05) is 13.0 Å². The van der Waals surface area contributed by atoms with Crippen molar-refractivity contribution in [1.29, 1.82) is 0 Å². The van der Waals surface area contributed by atoms with Gasteiger partial charge >= 0.3 is 0 Å². The number of ketones is 1. The normalized spacial score (nSPS) is 16.2. The lowest BCUT2D eigenvalue weighted by Gasteiger charge is -2.31. The fraction of sp³-hybridized carbons (Fsp3) is 0.273. The Kier molecular flexibility index (Phi) is 5.78. The van der Waals surface area contributed by atoms with Crippen LogP contribution in [0.4, 0.5) is 4.39 Å². The maximum Gasteiger partial charge on any atom is 0.231 e. The molecule has 2 aromatic carbocycles. The molecule has 0 bridgehead atoms. The summed E-state index contributed by atoms with van der Waals surface area (Å²) >= 11 is 0. The van der Waals surface area contributed by atoms with Gasteiger partial charge in [-0.25, -0.2) is 4.39 Å². The van der Waals surface area contributed by atoms with Crippen molar-refractivity contribution in [3.63, 3.8) is 0 Å². The van der Waals surface area contributed by atoms with Crippen molar-refractivity contribution in [3.05, 3.63) is 71.2 Å². The highest BCUT2D eigenvalue weighted by Crippen LogP contribution is 2.33. The zero-order chi connectivity index (χ0) is 20.3. The van der Waals surface area contributed by atoms with Crippen molar-refractivity contribution in [2.75, 3.05) is 14.2 Å². The first-order valence-corrected chi connectivity index (χ1v) is 8.92. The number of halogens is 1. The molecule has 3 rings (SSSR count). The molecule has 0 spiro atoms. The maximum atomic E-state index is 13.7. The summed E-state index contributed by atoms with van der Waals surface area (Å²) in [5.74, 6) is 0.454. The van der Waals surface area contributed by atoms with E-state index in [-0.39, 0.29) is 24.5 Å². The third kappa shape index (κ3) is 4.06. The molecule has 0 unspecified atom stereocenters. The molecule has 146 valence electrons. The molecule has 5 nitrogen and oxygen atoms in total. The smallest absolute Gasteiger partial charge is 0.231 e. The number of carbonyl (C=O) groups excluding carboxylic acids is 2. The van der Waals surface area contributed by atoms with Gasteiger partial charge in [0.05, 0.1) is 26.7 Å². The maximum absolute atomic E-state index is 13.7. The number of hydrogen-bond acceptors (Lipinski definition) is 4. The van der Waals surface area contributed by atoms with Crippen molar-refractivity contribution >= 4 is 11.7 Å². The average molecular weight is 383 g/mol. The summed E-state index contributed by atoms with van der Waals surface area (Å²) in [6.07, 6.45) is 3.11. The predicted octanol–water partition coefficient (Wildman–Crippen LogP) is 3.75. The number of ether oxygens (including phenoxy) is 2. The predicted molar refractivity (Wildman–Crippen MR) is 103 cm³/mol. The lowest BCUT2D eigenvalue weighted by Crippen LogP contribution is -2.35. The first kappa shape index (κ1) is 19.6. The minimum atomic E-state index is -0.527. The molecule has 1 atom stereocenters. The molecule has 2 aromatic rings. The quantitative estimate of drug-likeness (QED) is 0.789. The van der Waals surface area contributed by atoms with Gasteiger partial charge in [0, 0.05) is 12.6 Å². The molecule has 0 aliphatic carbocycles. The van der Waals surface area contributed by atoms with Crippen LogP contribution < -0.4 is 9.47 Å². The number of hydrogen-bond donors (Lipinski definition) is 0. The van der Waals surface area contributed by atoms with Crippen LogP contribution in [0.1, 0.15) is 29.2 Å². The summed E-state index contributed by atoms with van der Waals surface area (Å²) in [5.41, 5.74) is 2.28. The molecule has 28 heavy (non-hydrogen) atoms. The lowest BCUT2D eigenvalue weighted by atomic mass is 9.96. The molecule has 1 amide bonds. The van der Waals surface area contributed by atoms with Crippen LogP contribution in [0, 0.1) is 12.7 Å². The Morgan fingerprint density at radius 2 is 1.89 bits per heavy atom. The second-order valence-electron chi connectivity index (χ2n) is 6.67. The number of carbonyl (C=O) groups is 2. The molecule has 0 radical (unpaired) electrons. The van der Waals surface area contributed by atoms with Crippen molar-refractivity contribution in [2.24, 2.45) is 0 Å². The number of amides is 1. The standard InChI is InChI=1S/C22H22FNO4/c1-14-9-20(27-2)21(28-3)11-16(14)12-22(26)24-8-7-18(25)13-19(24)15-5-4-6-17(23)10-15/h4-11,19H,12-13H2,1-3H3/t19-/m0/s1. The van der Waals surface area contributed by atoms with Gasteiger partial charge in [0.15, 0.2) is 17.3 Å². The van der Waals surface area contributed by atoms with Crippen LogP contribution in [-0.2, 0) is 16.0 Å². The summed E-state index contributed by atoms with van der Waals surface area (Å²) in [5, 5.41) is 0. The van der Waals surface area contributed by atoms with Gasteiger partial charge in [-0.15, -0.1) is 0 Å². The van der Waals surface area contributed by atoms with Gasteiger partial charge < -0.3 is 14.4 Å². The monoisotopic (exact) mass is 383 g/mol. The SMILES string of the molecule is COc1cc(C)c(CC(=O)N2C=CC(=O)C[C@H]2c2cccc(F)c2)cc1OC. The number of nitrogens with zero attached hydrogens (tertiary/aromatic N) is 1. The van der Waals surface area contributed by atoms with Crippen molar-refractivity contribution in [1.82, 2.24) is 4.90 Å². The number of allylic oxidation sites excluding steroid dienone is 1. The molecule has 0 aromatic heterocycles. The van der Waals surface area contributed by atoms with E-state index >= 15 is 0 Å². The Morgan fingerprint density at radius 3 is 2.57 bits per heavy atom. The largest absolute Gasteiger partial charge is 0.493 e.